The zero-order valence-corrected chi connectivity index (χ0v) is 14.0. The summed E-state index contributed by atoms with van der Waals surface area (Å²) in [5, 5.41) is 20.0. The highest BCUT2D eigenvalue weighted by Gasteiger charge is 2.43. The second kappa shape index (κ2) is 5.56. The summed E-state index contributed by atoms with van der Waals surface area (Å²) in [7, 11) is 0. The van der Waals surface area contributed by atoms with Gasteiger partial charge in [0.15, 0.2) is 0 Å². The van der Waals surface area contributed by atoms with E-state index >= 15 is 0 Å². The Morgan fingerprint density at radius 2 is 1.29 bits per heavy atom. The largest absolute Gasteiger partial charge is 0.393 e. The van der Waals surface area contributed by atoms with E-state index in [4.69, 9.17) is 4.98 Å². The van der Waals surface area contributed by atoms with E-state index in [0.29, 0.717) is 24.2 Å². The van der Waals surface area contributed by atoms with E-state index in [-0.39, 0.29) is 12.2 Å². The van der Waals surface area contributed by atoms with Crippen molar-refractivity contribution in [3.05, 3.63) is 12.3 Å². The quantitative estimate of drug-likeness (QED) is 0.855. The number of hydrogen-bond donors (Lipinski definition) is 2. The number of rotatable bonds is 2. The Morgan fingerprint density at radius 1 is 0.792 bits per heavy atom. The molecular weight excluding hydrogens is 304 g/mol. The van der Waals surface area contributed by atoms with Crippen molar-refractivity contribution < 1.29 is 10.2 Å². The molecule has 0 radical (unpaired) electrons. The van der Waals surface area contributed by atoms with Crippen LogP contribution in [0.1, 0.15) is 51.4 Å². The van der Waals surface area contributed by atoms with Crippen LogP contribution in [0, 0.1) is 0 Å². The molecule has 4 atom stereocenters. The first kappa shape index (κ1) is 14.9. The van der Waals surface area contributed by atoms with Gasteiger partial charge in [-0.25, -0.2) is 4.98 Å². The van der Waals surface area contributed by atoms with E-state index in [1.165, 1.54) is 0 Å². The fourth-order valence-electron chi connectivity index (χ4n) is 5.60. The summed E-state index contributed by atoms with van der Waals surface area (Å²) in [5.74, 6) is 1.85. The van der Waals surface area contributed by atoms with Crippen LogP contribution in [0.15, 0.2) is 12.3 Å². The summed E-state index contributed by atoms with van der Waals surface area (Å²) in [6.07, 6.45) is 9.54. The van der Waals surface area contributed by atoms with Crippen LogP contribution in [-0.2, 0) is 0 Å². The normalized spacial score (nSPS) is 41.1. The summed E-state index contributed by atoms with van der Waals surface area (Å²) in [5.41, 5.74) is 0. The van der Waals surface area contributed by atoms with Crippen LogP contribution in [0.4, 0.5) is 11.8 Å². The first-order chi connectivity index (χ1) is 11.7. The van der Waals surface area contributed by atoms with E-state index in [9.17, 15) is 10.2 Å². The molecule has 5 heterocycles. The molecule has 4 aliphatic rings. The summed E-state index contributed by atoms with van der Waals surface area (Å²) in [6.45, 7) is 0. The van der Waals surface area contributed by atoms with Crippen molar-refractivity contribution in [1.82, 2.24) is 9.97 Å². The molecule has 2 N–H and O–H groups in total. The standard InChI is InChI=1S/C18H26N4O2/c23-15-7-11-1-2-12(8-15)21(11)17-5-6-19-18(20-17)22-13-3-4-14(22)10-16(24)9-13/h5-6,11-16,23-24H,1-4,7-10H2. The fourth-order valence-corrected chi connectivity index (χ4v) is 5.60. The second-order valence-electron chi connectivity index (χ2n) is 8.05. The van der Waals surface area contributed by atoms with Crippen molar-refractivity contribution in [3.63, 3.8) is 0 Å². The molecular formula is C18H26N4O2. The van der Waals surface area contributed by atoms with Crippen LogP contribution >= 0.6 is 0 Å². The number of piperidine rings is 2. The van der Waals surface area contributed by atoms with Gasteiger partial charge >= 0.3 is 0 Å². The van der Waals surface area contributed by atoms with Gasteiger partial charge in [0.2, 0.25) is 5.95 Å². The van der Waals surface area contributed by atoms with Gasteiger partial charge in [-0.05, 0) is 57.4 Å². The maximum absolute atomic E-state index is 10.0. The lowest BCUT2D eigenvalue weighted by Crippen LogP contribution is -2.47. The highest BCUT2D eigenvalue weighted by atomic mass is 16.3. The minimum Gasteiger partial charge on any atom is -0.393 e. The first-order valence-electron chi connectivity index (χ1n) is 9.45. The molecule has 0 saturated carbocycles. The molecule has 4 fully saturated rings. The van der Waals surface area contributed by atoms with Crippen LogP contribution in [0.2, 0.25) is 0 Å². The Hall–Kier alpha value is -1.40. The van der Waals surface area contributed by atoms with Crippen LogP contribution in [0.25, 0.3) is 0 Å². The average Bonchev–Trinajstić information content (AvgIpc) is 2.99. The van der Waals surface area contributed by atoms with E-state index in [1.54, 1.807) is 0 Å². The molecule has 0 spiro atoms. The number of anilines is 2. The zero-order valence-electron chi connectivity index (χ0n) is 14.0. The summed E-state index contributed by atoms with van der Waals surface area (Å²) < 4.78 is 0. The van der Waals surface area contributed by atoms with Crippen molar-refractivity contribution in [3.8, 4) is 0 Å². The van der Waals surface area contributed by atoms with E-state index in [1.807, 2.05) is 12.3 Å². The molecule has 4 saturated heterocycles. The summed E-state index contributed by atoms with van der Waals surface area (Å²) >= 11 is 0. The number of nitrogens with zero attached hydrogens (tertiary/aromatic N) is 4. The van der Waals surface area contributed by atoms with Gasteiger partial charge in [-0.15, -0.1) is 0 Å². The third-order valence-electron chi connectivity index (χ3n) is 6.54. The SMILES string of the molecule is OC1CC2CCC(C1)N2c1ccnc(N2C3CCC2CC(O)C3)n1. The Labute approximate surface area is 142 Å². The number of hydrogen-bond acceptors (Lipinski definition) is 6. The molecule has 5 rings (SSSR count). The minimum absolute atomic E-state index is 0.153. The third-order valence-corrected chi connectivity index (χ3v) is 6.54. The third kappa shape index (κ3) is 2.30. The molecule has 0 aromatic carbocycles. The Morgan fingerprint density at radius 3 is 1.83 bits per heavy atom. The molecule has 6 heteroatoms. The van der Waals surface area contributed by atoms with Gasteiger partial charge in [0.1, 0.15) is 5.82 Å². The lowest BCUT2D eigenvalue weighted by atomic mass is 10.00. The van der Waals surface area contributed by atoms with Gasteiger partial charge in [-0.3, -0.25) is 0 Å². The molecule has 4 bridgehead atoms. The Bertz CT molecular complexity index is 550. The van der Waals surface area contributed by atoms with Crippen molar-refractivity contribution in [2.75, 3.05) is 9.80 Å². The van der Waals surface area contributed by atoms with E-state index in [0.717, 1.165) is 63.1 Å². The Balaban J connectivity index is 1.43. The van der Waals surface area contributed by atoms with Gasteiger partial charge in [-0.1, -0.05) is 0 Å². The van der Waals surface area contributed by atoms with Crippen LogP contribution < -0.4 is 9.80 Å². The van der Waals surface area contributed by atoms with E-state index in [2.05, 4.69) is 14.8 Å². The molecule has 0 aliphatic carbocycles. The molecule has 24 heavy (non-hydrogen) atoms. The first-order valence-corrected chi connectivity index (χ1v) is 9.45. The van der Waals surface area contributed by atoms with Crippen LogP contribution in [0.5, 0.6) is 0 Å². The smallest absolute Gasteiger partial charge is 0.227 e. The monoisotopic (exact) mass is 330 g/mol. The molecule has 4 unspecified atom stereocenters. The average molecular weight is 330 g/mol. The maximum Gasteiger partial charge on any atom is 0.227 e. The molecule has 1 aromatic rings. The van der Waals surface area contributed by atoms with Gasteiger partial charge in [0.25, 0.3) is 0 Å². The van der Waals surface area contributed by atoms with Gasteiger partial charge < -0.3 is 20.0 Å². The molecule has 1 aromatic heterocycles. The number of aromatic nitrogens is 2. The lowest BCUT2D eigenvalue weighted by molar-refractivity contribution is 0.125. The summed E-state index contributed by atoms with van der Waals surface area (Å²) in [6, 6.07) is 3.62. The van der Waals surface area contributed by atoms with E-state index < -0.39 is 0 Å². The number of aliphatic hydroxyl groups is 2. The molecule has 6 nitrogen and oxygen atoms in total. The highest BCUT2D eigenvalue weighted by Crippen LogP contribution is 2.41. The molecule has 4 aliphatic heterocycles. The van der Waals surface area contributed by atoms with Crippen LogP contribution in [-0.4, -0.2) is 56.6 Å². The van der Waals surface area contributed by atoms with Crippen molar-refractivity contribution >= 4 is 11.8 Å². The lowest BCUT2D eigenvalue weighted by Gasteiger charge is -2.40. The predicted octanol–water partition coefficient (Wildman–Crippen LogP) is 1.46. The number of aliphatic hydroxyl groups excluding tert-OH is 2. The summed E-state index contributed by atoms with van der Waals surface area (Å²) in [4.78, 5) is 14.3. The molecule has 0 amide bonds. The number of fused-ring (bicyclic) bond motifs is 4. The second-order valence-corrected chi connectivity index (χ2v) is 8.05. The molecule has 130 valence electrons. The van der Waals surface area contributed by atoms with Crippen LogP contribution in [0.3, 0.4) is 0 Å². The minimum atomic E-state index is -0.165. The van der Waals surface area contributed by atoms with Gasteiger partial charge in [-0.2, -0.15) is 4.98 Å². The predicted molar refractivity (Wildman–Crippen MR) is 91.1 cm³/mol. The fraction of sp³-hybridized carbons (Fsp3) is 0.778. The maximum atomic E-state index is 10.0. The van der Waals surface area contributed by atoms with Crippen molar-refractivity contribution in [2.45, 2.75) is 87.7 Å². The van der Waals surface area contributed by atoms with Gasteiger partial charge in [0.05, 0.1) is 12.2 Å². The van der Waals surface area contributed by atoms with Gasteiger partial charge in [0, 0.05) is 30.4 Å². The van der Waals surface area contributed by atoms with Crippen molar-refractivity contribution in [2.24, 2.45) is 0 Å². The zero-order chi connectivity index (χ0) is 16.3. The Kier molecular flexibility index (Phi) is 3.45. The topological polar surface area (TPSA) is 72.7 Å². The van der Waals surface area contributed by atoms with Crippen molar-refractivity contribution in [1.29, 1.82) is 0 Å². The highest BCUT2D eigenvalue weighted by molar-refractivity contribution is 5.49.